The number of Topliss-reactive ketones (excluding diaryl/α,β-unsaturated/α-hetero) is 1. The average Bonchev–Trinajstić information content (AvgIpc) is 3.64. The summed E-state index contributed by atoms with van der Waals surface area (Å²) in [5.74, 6) is 1.87. The third kappa shape index (κ3) is 4.29. The number of benzene rings is 1. The molecule has 0 spiro atoms. The van der Waals surface area contributed by atoms with Crippen molar-refractivity contribution >= 4 is 17.3 Å². The van der Waals surface area contributed by atoms with Crippen LogP contribution in [0.4, 0.5) is 5.69 Å². The molecule has 2 aliphatic heterocycles. The largest absolute Gasteiger partial charge is 0.494 e. The Labute approximate surface area is 201 Å². The fourth-order valence-corrected chi connectivity index (χ4v) is 5.07. The number of hydrogen-bond donors (Lipinski definition) is 2. The van der Waals surface area contributed by atoms with Crippen molar-refractivity contribution in [1.29, 1.82) is 5.41 Å². The Morgan fingerprint density at radius 2 is 1.94 bits per heavy atom. The number of anilines is 1. The van der Waals surface area contributed by atoms with Gasteiger partial charge in [0, 0.05) is 42.4 Å². The predicted octanol–water partition coefficient (Wildman–Crippen LogP) is 4.08. The highest BCUT2D eigenvalue weighted by Gasteiger charge is 2.32. The molecule has 3 aliphatic rings. The number of rotatable bonds is 7. The summed E-state index contributed by atoms with van der Waals surface area (Å²) in [6.45, 7) is 6.36. The molecular weight excluding hydrogens is 428 g/mol. The summed E-state index contributed by atoms with van der Waals surface area (Å²) >= 11 is 0. The zero-order valence-electron chi connectivity index (χ0n) is 20.3. The van der Waals surface area contributed by atoms with Crippen LogP contribution in [0.1, 0.15) is 84.2 Å². The SMILES string of the molecule is COc1c(C(C)C)cc(C(=O)CN2Cc3ccc(C4CC4)nc3C2=N)cc1N1CCC(O)CC1. The molecule has 3 heterocycles. The van der Waals surface area contributed by atoms with Crippen molar-refractivity contribution in [2.75, 3.05) is 31.6 Å². The molecule has 180 valence electrons. The molecule has 1 aromatic carbocycles. The summed E-state index contributed by atoms with van der Waals surface area (Å²) in [5.41, 5.74) is 5.38. The number of nitrogens with zero attached hydrogens (tertiary/aromatic N) is 3. The molecular formula is C27H34N4O3. The second kappa shape index (κ2) is 9.02. The topological polar surface area (TPSA) is 89.8 Å². The van der Waals surface area contributed by atoms with Crippen molar-refractivity contribution in [3.63, 3.8) is 0 Å². The van der Waals surface area contributed by atoms with Gasteiger partial charge >= 0.3 is 0 Å². The van der Waals surface area contributed by atoms with Gasteiger partial charge in [-0.2, -0.15) is 0 Å². The number of hydrogen-bond acceptors (Lipinski definition) is 6. The molecule has 0 bridgehead atoms. The van der Waals surface area contributed by atoms with E-state index in [0.717, 1.165) is 47.0 Å². The molecule has 2 N–H and O–H groups in total. The van der Waals surface area contributed by atoms with Crippen molar-refractivity contribution < 1.29 is 14.6 Å². The number of amidine groups is 1. The number of piperidine rings is 1. The van der Waals surface area contributed by atoms with Crippen LogP contribution in [0.25, 0.3) is 0 Å². The number of aromatic nitrogens is 1. The molecule has 7 heteroatoms. The zero-order valence-corrected chi connectivity index (χ0v) is 20.3. The van der Waals surface area contributed by atoms with E-state index in [0.29, 0.717) is 36.7 Å². The lowest BCUT2D eigenvalue weighted by Gasteiger charge is -2.33. The third-order valence-corrected chi connectivity index (χ3v) is 7.28. The fraction of sp³-hybridized carbons (Fsp3) is 0.519. The number of aliphatic hydroxyl groups excluding tert-OH is 1. The molecule has 1 saturated carbocycles. The number of carbonyl (C=O) groups excluding carboxylic acids is 1. The summed E-state index contributed by atoms with van der Waals surface area (Å²) < 4.78 is 5.81. The van der Waals surface area contributed by atoms with E-state index in [-0.39, 0.29) is 24.3 Å². The van der Waals surface area contributed by atoms with Gasteiger partial charge in [0.1, 0.15) is 17.3 Å². The van der Waals surface area contributed by atoms with Gasteiger partial charge in [-0.05, 0) is 55.4 Å². The van der Waals surface area contributed by atoms with Crippen LogP contribution in [0.3, 0.4) is 0 Å². The fourth-order valence-electron chi connectivity index (χ4n) is 5.07. The van der Waals surface area contributed by atoms with Crippen LogP contribution in [0.15, 0.2) is 24.3 Å². The van der Waals surface area contributed by atoms with E-state index in [1.165, 1.54) is 12.8 Å². The van der Waals surface area contributed by atoms with E-state index in [1.807, 2.05) is 17.0 Å². The molecule has 1 saturated heterocycles. The maximum absolute atomic E-state index is 13.5. The van der Waals surface area contributed by atoms with Gasteiger partial charge in [-0.15, -0.1) is 0 Å². The quantitative estimate of drug-likeness (QED) is 0.603. The number of carbonyl (C=O) groups is 1. The van der Waals surface area contributed by atoms with Crippen molar-refractivity contribution in [2.45, 2.75) is 64.0 Å². The van der Waals surface area contributed by atoms with Crippen LogP contribution in [-0.4, -0.2) is 59.5 Å². The van der Waals surface area contributed by atoms with Gasteiger partial charge in [0.25, 0.3) is 0 Å². The van der Waals surface area contributed by atoms with Crippen molar-refractivity contribution in [1.82, 2.24) is 9.88 Å². The Morgan fingerprint density at radius 3 is 2.59 bits per heavy atom. The highest BCUT2D eigenvalue weighted by Crippen LogP contribution is 2.40. The van der Waals surface area contributed by atoms with Crippen molar-refractivity contribution in [3.8, 4) is 5.75 Å². The lowest BCUT2D eigenvalue weighted by atomic mass is 9.95. The zero-order chi connectivity index (χ0) is 24.0. The maximum atomic E-state index is 13.5. The lowest BCUT2D eigenvalue weighted by molar-refractivity contribution is 0.0962. The summed E-state index contributed by atoms with van der Waals surface area (Å²) in [6.07, 6.45) is 3.49. The Bertz CT molecular complexity index is 1120. The number of aliphatic hydroxyl groups is 1. The first-order chi connectivity index (χ1) is 16.4. The first kappa shape index (κ1) is 22.8. The Balaban J connectivity index is 1.40. The van der Waals surface area contributed by atoms with Gasteiger partial charge in [-0.25, -0.2) is 4.98 Å². The molecule has 0 atom stereocenters. The summed E-state index contributed by atoms with van der Waals surface area (Å²) in [6, 6.07) is 8.03. The molecule has 7 nitrogen and oxygen atoms in total. The standard InChI is InChI=1S/C27H34N4O3/c1-16(2)21-12-19(13-23(26(21)34-3)30-10-8-20(32)9-11-30)24(33)15-31-14-18-6-7-22(17-4-5-17)29-25(18)27(31)28/h6-7,12-13,16-17,20,28,32H,4-5,8-11,14-15H2,1-3H3. The van der Waals surface area contributed by atoms with Gasteiger partial charge in [-0.3, -0.25) is 10.2 Å². The van der Waals surface area contributed by atoms with Crippen LogP contribution in [0.5, 0.6) is 5.75 Å². The minimum absolute atomic E-state index is 0.0113. The Morgan fingerprint density at radius 1 is 1.21 bits per heavy atom. The minimum Gasteiger partial charge on any atom is -0.494 e. The summed E-state index contributed by atoms with van der Waals surface area (Å²) in [5, 5.41) is 18.6. The Kier molecular flexibility index (Phi) is 6.06. The van der Waals surface area contributed by atoms with Crippen LogP contribution in [-0.2, 0) is 6.54 Å². The third-order valence-electron chi connectivity index (χ3n) is 7.28. The molecule has 0 amide bonds. The molecule has 0 radical (unpaired) electrons. The van der Waals surface area contributed by atoms with Gasteiger partial charge in [0.2, 0.25) is 0 Å². The van der Waals surface area contributed by atoms with Gasteiger partial charge in [-0.1, -0.05) is 19.9 Å². The second-order valence-electron chi connectivity index (χ2n) is 10.1. The van der Waals surface area contributed by atoms with Gasteiger partial charge in [0.05, 0.1) is 25.4 Å². The van der Waals surface area contributed by atoms with E-state index >= 15 is 0 Å². The molecule has 0 unspecified atom stereocenters. The number of ether oxygens (including phenoxy) is 1. The molecule has 34 heavy (non-hydrogen) atoms. The van der Waals surface area contributed by atoms with Crippen LogP contribution < -0.4 is 9.64 Å². The highest BCUT2D eigenvalue weighted by atomic mass is 16.5. The predicted molar refractivity (Wildman–Crippen MR) is 132 cm³/mol. The minimum atomic E-state index is -0.270. The van der Waals surface area contributed by atoms with Crippen molar-refractivity contribution in [2.24, 2.45) is 0 Å². The normalized spacial score (nSPS) is 18.6. The molecule has 5 rings (SSSR count). The Hall–Kier alpha value is -2.93. The number of pyridine rings is 1. The van der Waals surface area contributed by atoms with E-state index in [1.54, 1.807) is 7.11 Å². The lowest BCUT2D eigenvalue weighted by Crippen LogP contribution is -2.36. The van der Waals surface area contributed by atoms with Crippen LogP contribution in [0, 0.1) is 5.41 Å². The first-order valence-corrected chi connectivity index (χ1v) is 12.4. The van der Waals surface area contributed by atoms with Gasteiger partial charge in [0.15, 0.2) is 5.78 Å². The maximum Gasteiger partial charge on any atom is 0.182 e. The summed E-state index contributed by atoms with van der Waals surface area (Å²) in [4.78, 5) is 22.3. The van der Waals surface area contributed by atoms with Crippen LogP contribution >= 0.6 is 0 Å². The number of methoxy groups -OCH3 is 1. The number of ketones is 1. The van der Waals surface area contributed by atoms with E-state index in [9.17, 15) is 9.90 Å². The molecule has 1 aliphatic carbocycles. The van der Waals surface area contributed by atoms with Crippen LogP contribution in [0.2, 0.25) is 0 Å². The first-order valence-electron chi connectivity index (χ1n) is 12.4. The molecule has 2 fully saturated rings. The van der Waals surface area contributed by atoms with E-state index in [4.69, 9.17) is 15.1 Å². The highest BCUT2D eigenvalue weighted by molar-refractivity contribution is 6.05. The average molecular weight is 463 g/mol. The summed E-state index contributed by atoms with van der Waals surface area (Å²) in [7, 11) is 1.68. The molecule has 1 aromatic heterocycles. The van der Waals surface area contributed by atoms with Gasteiger partial charge < -0.3 is 19.6 Å². The monoisotopic (exact) mass is 462 g/mol. The smallest absolute Gasteiger partial charge is 0.182 e. The van der Waals surface area contributed by atoms with Crippen molar-refractivity contribution in [3.05, 3.63) is 52.3 Å². The number of fused-ring (bicyclic) bond motifs is 1. The van der Waals surface area contributed by atoms with E-state index in [2.05, 4.69) is 30.9 Å². The van der Waals surface area contributed by atoms with E-state index < -0.39 is 0 Å². The molecule has 2 aromatic rings. The second-order valence-corrected chi connectivity index (χ2v) is 10.1. The number of nitrogens with one attached hydrogen (secondary N) is 1.